The van der Waals surface area contributed by atoms with Crippen LogP contribution in [0.4, 0.5) is 0 Å². The minimum absolute atomic E-state index is 0.0975. The number of hydrogen-bond acceptors (Lipinski definition) is 5. The summed E-state index contributed by atoms with van der Waals surface area (Å²) in [5, 5.41) is 3.27. The fourth-order valence-electron chi connectivity index (χ4n) is 7.42. The molecule has 2 unspecified atom stereocenters. The quantitative estimate of drug-likeness (QED) is 0.602. The van der Waals surface area contributed by atoms with Crippen LogP contribution in [-0.4, -0.2) is 34.3 Å². The minimum Gasteiger partial charge on any atom is -0.497 e. The lowest BCUT2D eigenvalue weighted by atomic mass is 9.42. The highest BCUT2D eigenvalue weighted by atomic mass is 16.5. The molecule has 34 heavy (non-hydrogen) atoms. The summed E-state index contributed by atoms with van der Waals surface area (Å²) in [4.78, 5) is 13.8. The summed E-state index contributed by atoms with van der Waals surface area (Å²) in [7, 11) is 6.50. The van der Waals surface area contributed by atoms with Gasteiger partial charge in [-0.2, -0.15) is 0 Å². The van der Waals surface area contributed by atoms with E-state index in [-0.39, 0.29) is 16.7 Å². The molecule has 4 aliphatic rings. The zero-order valence-electron chi connectivity index (χ0n) is 20.6. The van der Waals surface area contributed by atoms with Gasteiger partial charge < -0.3 is 24.3 Å². The number of amides is 1. The van der Waals surface area contributed by atoms with Gasteiger partial charge >= 0.3 is 0 Å². The second-order valence-electron chi connectivity index (χ2n) is 10.5. The summed E-state index contributed by atoms with van der Waals surface area (Å²) >= 11 is 0. The second kappa shape index (κ2) is 8.71. The monoisotopic (exact) mass is 465 g/mol. The van der Waals surface area contributed by atoms with Crippen LogP contribution >= 0.6 is 0 Å². The third-order valence-electron chi connectivity index (χ3n) is 8.42. The van der Waals surface area contributed by atoms with Crippen LogP contribution in [0.5, 0.6) is 23.0 Å². The van der Waals surface area contributed by atoms with E-state index in [1.165, 1.54) is 24.8 Å². The van der Waals surface area contributed by atoms with Gasteiger partial charge in [0.05, 0.1) is 33.9 Å². The molecule has 4 saturated carbocycles. The third-order valence-corrected chi connectivity index (χ3v) is 8.42. The van der Waals surface area contributed by atoms with Crippen molar-refractivity contribution < 1.29 is 23.7 Å². The van der Waals surface area contributed by atoms with Crippen LogP contribution in [0.2, 0.25) is 0 Å². The highest BCUT2D eigenvalue weighted by Gasteiger charge is 2.60. The number of nitrogens with one attached hydrogen (secondary N) is 1. The molecule has 1 amide bonds. The molecule has 0 saturated heterocycles. The largest absolute Gasteiger partial charge is 0.497 e. The predicted octanol–water partition coefficient (Wildman–Crippen LogP) is 4.88. The first kappa shape index (κ1) is 22.9. The molecule has 182 valence electrons. The van der Waals surface area contributed by atoms with E-state index in [1.807, 2.05) is 12.1 Å². The van der Waals surface area contributed by atoms with E-state index in [0.717, 1.165) is 30.6 Å². The van der Waals surface area contributed by atoms with Gasteiger partial charge in [-0.15, -0.1) is 0 Å². The minimum atomic E-state index is -0.287. The van der Waals surface area contributed by atoms with Gasteiger partial charge in [-0.25, -0.2) is 0 Å². The Labute approximate surface area is 201 Å². The van der Waals surface area contributed by atoms with Gasteiger partial charge in [-0.1, -0.05) is 12.1 Å². The maximum atomic E-state index is 13.8. The Morgan fingerprint density at radius 2 is 1.50 bits per heavy atom. The lowest BCUT2D eigenvalue weighted by Gasteiger charge is -2.61. The molecule has 2 aromatic rings. The van der Waals surface area contributed by atoms with Gasteiger partial charge in [-0.05, 0) is 91.2 Å². The van der Waals surface area contributed by atoms with E-state index in [9.17, 15) is 4.79 Å². The van der Waals surface area contributed by atoms with Crippen molar-refractivity contribution in [2.24, 2.45) is 17.3 Å². The Kier molecular flexibility index (Phi) is 5.86. The van der Waals surface area contributed by atoms with Crippen molar-refractivity contribution in [2.75, 3.05) is 28.4 Å². The Bertz CT molecular complexity index is 1020. The lowest BCUT2D eigenvalue weighted by molar-refractivity contribution is -0.149. The molecule has 1 N–H and O–H groups in total. The summed E-state index contributed by atoms with van der Waals surface area (Å²) in [6, 6.07) is 12.4. The molecule has 0 spiro atoms. The Hall–Kier alpha value is -2.89. The molecule has 2 atom stereocenters. The zero-order valence-corrected chi connectivity index (χ0v) is 20.6. The summed E-state index contributed by atoms with van der Waals surface area (Å²) in [5.41, 5.74) is 2.10. The number of carbonyl (C=O) groups is 1. The van der Waals surface area contributed by atoms with E-state index in [1.54, 1.807) is 28.4 Å². The van der Waals surface area contributed by atoms with Crippen LogP contribution in [0, 0.1) is 17.3 Å². The molecular formula is C28H35NO5. The van der Waals surface area contributed by atoms with Crippen molar-refractivity contribution in [1.82, 2.24) is 5.32 Å². The normalized spacial score (nSPS) is 28.9. The predicted molar refractivity (Wildman–Crippen MR) is 130 cm³/mol. The summed E-state index contributed by atoms with van der Waals surface area (Å²) < 4.78 is 21.8. The molecule has 6 rings (SSSR count). The van der Waals surface area contributed by atoms with Crippen molar-refractivity contribution in [3.63, 3.8) is 0 Å². The molecule has 0 aromatic heterocycles. The third kappa shape index (κ3) is 3.77. The summed E-state index contributed by atoms with van der Waals surface area (Å²) in [6.45, 7) is 0.433. The molecule has 6 heteroatoms. The van der Waals surface area contributed by atoms with Crippen molar-refractivity contribution in [3.05, 3.63) is 47.5 Å². The molecule has 0 radical (unpaired) electrons. The lowest BCUT2D eigenvalue weighted by Crippen LogP contribution is -2.59. The summed E-state index contributed by atoms with van der Waals surface area (Å²) in [6.07, 6.45) is 6.58. The number of ether oxygens (including phenoxy) is 4. The Morgan fingerprint density at radius 3 is 2.03 bits per heavy atom. The number of rotatable bonds is 8. The van der Waals surface area contributed by atoms with E-state index in [4.69, 9.17) is 18.9 Å². The van der Waals surface area contributed by atoms with Crippen LogP contribution in [0.3, 0.4) is 0 Å². The zero-order chi connectivity index (χ0) is 23.9. The second-order valence-corrected chi connectivity index (χ2v) is 10.5. The van der Waals surface area contributed by atoms with Crippen LogP contribution in [-0.2, 0) is 16.8 Å². The number of benzene rings is 2. The molecule has 2 aromatic carbocycles. The van der Waals surface area contributed by atoms with Crippen molar-refractivity contribution >= 4 is 5.91 Å². The Balaban J connectivity index is 1.37. The highest BCUT2D eigenvalue weighted by Crippen LogP contribution is 2.65. The fraction of sp³-hybridized carbons (Fsp3) is 0.536. The number of carbonyl (C=O) groups excluding carboxylic acids is 1. The average molecular weight is 466 g/mol. The maximum absolute atomic E-state index is 13.8. The molecule has 0 heterocycles. The standard InChI is InChI=1S/C28H35NO5/c1-31-22-7-5-21(6-8-22)27-12-19-9-20(13-27)15-28(14-19,17-27)26(30)29-16-18-10-23(32-2)25(34-4)24(11-18)33-3/h5-8,10-11,19-20H,9,12-17H2,1-4H3,(H,29,30). The highest BCUT2D eigenvalue weighted by molar-refractivity contribution is 5.83. The number of methoxy groups -OCH3 is 4. The van der Waals surface area contributed by atoms with Crippen molar-refractivity contribution in [1.29, 1.82) is 0 Å². The smallest absolute Gasteiger partial charge is 0.226 e. The number of hydrogen-bond donors (Lipinski definition) is 1. The fourth-order valence-corrected chi connectivity index (χ4v) is 7.42. The average Bonchev–Trinajstić information content (AvgIpc) is 2.85. The van der Waals surface area contributed by atoms with Gasteiger partial charge in [0.25, 0.3) is 0 Å². The first-order valence-electron chi connectivity index (χ1n) is 12.2. The van der Waals surface area contributed by atoms with Crippen molar-refractivity contribution in [3.8, 4) is 23.0 Å². The molecular weight excluding hydrogens is 430 g/mol. The van der Waals surface area contributed by atoms with Gasteiger partial charge in [0, 0.05) is 6.54 Å². The van der Waals surface area contributed by atoms with E-state index in [0.29, 0.717) is 35.6 Å². The molecule has 0 aliphatic heterocycles. The Morgan fingerprint density at radius 1 is 0.882 bits per heavy atom. The van der Waals surface area contributed by atoms with Crippen LogP contribution < -0.4 is 24.3 Å². The van der Waals surface area contributed by atoms with Gasteiger partial charge in [0.15, 0.2) is 11.5 Å². The molecule has 6 nitrogen and oxygen atoms in total. The van der Waals surface area contributed by atoms with Gasteiger partial charge in [0.1, 0.15) is 5.75 Å². The molecule has 4 fully saturated rings. The molecule has 4 aliphatic carbocycles. The first-order valence-corrected chi connectivity index (χ1v) is 12.2. The van der Waals surface area contributed by atoms with Gasteiger partial charge in [0.2, 0.25) is 11.7 Å². The van der Waals surface area contributed by atoms with Crippen LogP contribution in [0.1, 0.15) is 49.7 Å². The van der Waals surface area contributed by atoms with Crippen LogP contribution in [0.15, 0.2) is 36.4 Å². The van der Waals surface area contributed by atoms with E-state index < -0.39 is 0 Å². The summed E-state index contributed by atoms with van der Waals surface area (Å²) in [5.74, 6) is 4.06. The first-order chi connectivity index (χ1) is 16.4. The maximum Gasteiger partial charge on any atom is 0.226 e. The van der Waals surface area contributed by atoms with Crippen molar-refractivity contribution in [2.45, 2.75) is 50.5 Å². The van der Waals surface area contributed by atoms with Gasteiger partial charge in [-0.3, -0.25) is 4.79 Å². The van der Waals surface area contributed by atoms with Crippen LogP contribution in [0.25, 0.3) is 0 Å². The topological polar surface area (TPSA) is 66.0 Å². The van der Waals surface area contributed by atoms with E-state index >= 15 is 0 Å². The van der Waals surface area contributed by atoms with E-state index in [2.05, 4.69) is 29.6 Å². The SMILES string of the molecule is COc1ccc(C23CC4CC(CC(C(=O)NCc5cc(OC)c(OC)c(OC)c5)(C4)C2)C3)cc1. The molecule has 4 bridgehead atoms.